The summed E-state index contributed by atoms with van der Waals surface area (Å²) >= 11 is 0. The van der Waals surface area contributed by atoms with Gasteiger partial charge in [-0.25, -0.2) is 8.78 Å². The van der Waals surface area contributed by atoms with Crippen LogP contribution in [0.15, 0.2) is 30.9 Å². The molecule has 0 bridgehead atoms. The first-order valence-corrected chi connectivity index (χ1v) is 8.02. The standard InChI is InChI=1S/C19H16F2N4O3/c1-4-7-23-19(28)17(26)14-10(2)25(3)16(15(14)21)18(27)24-12-5-6-13(20)11(8-12)9-22/h4-6,8H,1,7H2,2-3H3,(H,23,28)(H,24,27). The Kier molecular flexibility index (Phi) is 6.05. The highest BCUT2D eigenvalue weighted by Crippen LogP contribution is 2.23. The van der Waals surface area contributed by atoms with E-state index in [-0.39, 0.29) is 23.5 Å². The number of nitrogens with one attached hydrogen (secondary N) is 2. The highest BCUT2D eigenvalue weighted by atomic mass is 19.1. The third-order valence-corrected chi connectivity index (χ3v) is 4.03. The van der Waals surface area contributed by atoms with Crippen molar-refractivity contribution in [3.63, 3.8) is 0 Å². The number of hydrogen-bond acceptors (Lipinski definition) is 4. The Morgan fingerprint density at radius 2 is 2.00 bits per heavy atom. The van der Waals surface area contributed by atoms with E-state index in [2.05, 4.69) is 17.2 Å². The minimum absolute atomic E-state index is 0.0250. The molecule has 144 valence electrons. The monoisotopic (exact) mass is 386 g/mol. The van der Waals surface area contributed by atoms with Gasteiger partial charge in [-0.1, -0.05) is 6.08 Å². The summed E-state index contributed by atoms with van der Waals surface area (Å²) in [6.07, 6.45) is 1.36. The van der Waals surface area contributed by atoms with E-state index in [1.807, 2.05) is 0 Å². The van der Waals surface area contributed by atoms with Crippen molar-refractivity contribution in [2.75, 3.05) is 11.9 Å². The summed E-state index contributed by atoms with van der Waals surface area (Å²) < 4.78 is 29.4. The Bertz CT molecular complexity index is 1030. The van der Waals surface area contributed by atoms with Crippen molar-refractivity contribution in [3.8, 4) is 6.07 Å². The molecule has 2 rings (SSSR count). The van der Waals surface area contributed by atoms with Crippen LogP contribution in [0.25, 0.3) is 0 Å². The minimum atomic E-state index is -1.15. The molecule has 1 aromatic carbocycles. The fraction of sp³-hybridized carbons (Fsp3) is 0.158. The SMILES string of the molecule is C=CCNC(=O)C(=O)c1c(F)c(C(=O)Nc2ccc(F)c(C#N)c2)n(C)c1C. The van der Waals surface area contributed by atoms with Crippen LogP contribution in [0.1, 0.15) is 32.1 Å². The zero-order valence-electron chi connectivity index (χ0n) is 15.1. The average Bonchev–Trinajstić information content (AvgIpc) is 2.89. The Labute approximate surface area is 159 Å². The summed E-state index contributed by atoms with van der Waals surface area (Å²) in [5.74, 6) is -5.00. The summed E-state index contributed by atoms with van der Waals surface area (Å²) in [6, 6.07) is 4.91. The second-order valence-electron chi connectivity index (χ2n) is 5.77. The number of benzene rings is 1. The molecule has 0 saturated carbocycles. The number of amides is 2. The van der Waals surface area contributed by atoms with Gasteiger partial charge in [0.05, 0.1) is 11.1 Å². The number of halogens is 2. The Hall–Kier alpha value is -3.80. The second-order valence-corrected chi connectivity index (χ2v) is 5.77. The fourth-order valence-corrected chi connectivity index (χ4v) is 2.51. The molecule has 0 aliphatic rings. The molecule has 0 radical (unpaired) electrons. The number of nitrogens with zero attached hydrogens (tertiary/aromatic N) is 2. The first-order valence-electron chi connectivity index (χ1n) is 8.02. The zero-order valence-corrected chi connectivity index (χ0v) is 15.1. The van der Waals surface area contributed by atoms with Gasteiger partial charge in [-0.05, 0) is 25.1 Å². The number of hydrogen-bond donors (Lipinski definition) is 2. The molecular formula is C19H16F2N4O3. The first-order chi connectivity index (χ1) is 13.2. The van der Waals surface area contributed by atoms with Crippen molar-refractivity contribution in [2.45, 2.75) is 6.92 Å². The molecule has 0 aliphatic heterocycles. The lowest BCUT2D eigenvalue weighted by molar-refractivity contribution is -0.116. The van der Waals surface area contributed by atoms with Crippen LogP contribution in [0, 0.1) is 29.9 Å². The van der Waals surface area contributed by atoms with Gasteiger partial charge in [-0.3, -0.25) is 14.4 Å². The number of anilines is 1. The molecule has 0 spiro atoms. The predicted octanol–water partition coefficient (Wildman–Crippen LogP) is 2.22. The van der Waals surface area contributed by atoms with Crippen LogP contribution in [0.5, 0.6) is 0 Å². The fourth-order valence-electron chi connectivity index (χ4n) is 2.51. The van der Waals surface area contributed by atoms with E-state index in [1.165, 1.54) is 26.1 Å². The van der Waals surface area contributed by atoms with E-state index in [1.54, 1.807) is 6.07 Å². The summed E-state index contributed by atoms with van der Waals surface area (Å²) in [4.78, 5) is 36.6. The van der Waals surface area contributed by atoms with Crippen LogP contribution in [0.2, 0.25) is 0 Å². The van der Waals surface area contributed by atoms with Crippen molar-refractivity contribution in [3.05, 3.63) is 65.0 Å². The van der Waals surface area contributed by atoms with E-state index in [4.69, 9.17) is 5.26 Å². The van der Waals surface area contributed by atoms with Gasteiger partial charge in [-0.15, -0.1) is 6.58 Å². The summed E-state index contributed by atoms with van der Waals surface area (Å²) in [5, 5.41) is 13.4. The van der Waals surface area contributed by atoms with Crippen LogP contribution in [0.3, 0.4) is 0 Å². The van der Waals surface area contributed by atoms with Crippen LogP contribution in [-0.4, -0.2) is 28.7 Å². The molecule has 7 nitrogen and oxygen atoms in total. The lowest BCUT2D eigenvalue weighted by Gasteiger charge is -2.07. The third kappa shape index (κ3) is 3.81. The lowest BCUT2D eigenvalue weighted by Crippen LogP contribution is -2.31. The highest BCUT2D eigenvalue weighted by molar-refractivity contribution is 6.43. The average molecular weight is 386 g/mol. The predicted molar refractivity (Wildman–Crippen MR) is 96.7 cm³/mol. The van der Waals surface area contributed by atoms with E-state index in [0.717, 1.165) is 16.7 Å². The zero-order chi connectivity index (χ0) is 21.0. The molecule has 0 atom stereocenters. The normalized spacial score (nSPS) is 10.1. The summed E-state index contributed by atoms with van der Waals surface area (Å²) in [6.45, 7) is 4.81. The first kappa shape index (κ1) is 20.5. The molecule has 9 heteroatoms. The van der Waals surface area contributed by atoms with Gasteiger partial charge in [0.2, 0.25) is 0 Å². The maximum atomic E-state index is 14.8. The van der Waals surface area contributed by atoms with Crippen molar-refractivity contribution in [2.24, 2.45) is 7.05 Å². The lowest BCUT2D eigenvalue weighted by atomic mass is 10.1. The number of ketones is 1. The van der Waals surface area contributed by atoms with Gasteiger partial charge in [-0.2, -0.15) is 5.26 Å². The van der Waals surface area contributed by atoms with Crippen LogP contribution in [-0.2, 0) is 11.8 Å². The van der Waals surface area contributed by atoms with Crippen LogP contribution in [0.4, 0.5) is 14.5 Å². The van der Waals surface area contributed by atoms with Gasteiger partial charge < -0.3 is 15.2 Å². The molecule has 1 heterocycles. The smallest absolute Gasteiger partial charge is 0.292 e. The largest absolute Gasteiger partial charge is 0.346 e. The van der Waals surface area contributed by atoms with E-state index >= 15 is 0 Å². The molecule has 0 unspecified atom stereocenters. The molecule has 2 aromatic rings. The van der Waals surface area contributed by atoms with E-state index < -0.39 is 40.5 Å². The maximum absolute atomic E-state index is 14.8. The van der Waals surface area contributed by atoms with Crippen molar-refractivity contribution < 1.29 is 23.2 Å². The summed E-state index contributed by atoms with van der Waals surface area (Å²) in [5.41, 5.74) is -1.15. The number of carbonyl (C=O) groups excluding carboxylic acids is 3. The quantitative estimate of drug-likeness (QED) is 0.451. The molecule has 0 fully saturated rings. The number of carbonyl (C=O) groups is 3. The maximum Gasteiger partial charge on any atom is 0.292 e. The van der Waals surface area contributed by atoms with Gasteiger partial charge in [0.25, 0.3) is 17.6 Å². The number of nitriles is 1. The number of rotatable bonds is 6. The highest BCUT2D eigenvalue weighted by Gasteiger charge is 2.31. The van der Waals surface area contributed by atoms with E-state index in [9.17, 15) is 23.2 Å². The van der Waals surface area contributed by atoms with Crippen molar-refractivity contribution >= 4 is 23.3 Å². The summed E-state index contributed by atoms with van der Waals surface area (Å²) in [7, 11) is 1.36. The topological polar surface area (TPSA) is 104 Å². The Balaban J connectivity index is 2.38. The minimum Gasteiger partial charge on any atom is -0.346 e. The molecule has 28 heavy (non-hydrogen) atoms. The number of aromatic nitrogens is 1. The van der Waals surface area contributed by atoms with Crippen molar-refractivity contribution in [1.29, 1.82) is 5.26 Å². The molecule has 0 saturated heterocycles. The Morgan fingerprint density at radius 1 is 1.32 bits per heavy atom. The molecular weight excluding hydrogens is 370 g/mol. The van der Waals surface area contributed by atoms with E-state index in [0.29, 0.717) is 0 Å². The number of Topliss-reactive ketones (excluding diaryl/α,β-unsaturated/α-hetero) is 1. The van der Waals surface area contributed by atoms with Crippen LogP contribution < -0.4 is 10.6 Å². The molecule has 0 aliphatic carbocycles. The van der Waals surface area contributed by atoms with Crippen molar-refractivity contribution in [1.82, 2.24) is 9.88 Å². The molecule has 1 aromatic heterocycles. The Morgan fingerprint density at radius 3 is 2.61 bits per heavy atom. The van der Waals surface area contributed by atoms with Gasteiger partial charge >= 0.3 is 0 Å². The third-order valence-electron chi connectivity index (χ3n) is 4.03. The van der Waals surface area contributed by atoms with Crippen LogP contribution >= 0.6 is 0 Å². The second kappa shape index (κ2) is 8.26. The van der Waals surface area contributed by atoms with Gasteiger partial charge in [0.1, 0.15) is 17.6 Å². The van der Waals surface area contributed by atoms with Gasteiger partial charge in [0, 0.05) is 25.0 Å². The molecule has 2 amide bonds. The van der Waals surface area contributed by atoms with Gasteiger partial charge in [0.15, 0.2) is 5.82 Å². The molecule has 2 N–H and O–H groups in total.